The third-order valence-electron chi connectivity index (χ3n) is 3.34. The van der Waals surface area contributed by atoms with Gasteiger partial charge in [0, 0.05) is 32.1 Å². The molecule has 5 heteroatoms. The van der Waals surface area contributed by atoms with Gasteiger partial charge >= 0.3 is 0 Å². The highest BCUT2D eigenvalue weighted by atomic mass is 19.1. The summed E-state index contributed by atoms with van der Waals surface area (Å²) in [6.45, 7) is 5.74. The molecule has 0 unspecified atom stereocenters. The van der Waals surface area contributed by atoms with E-state index in [0.29, 0.717) is 0 Å². The van der Waals surface area contributed by atoms with Gasteiger partial charge in [-0.3, -0.25) is 0 Å². The zero-order valence-corrected chi connectivity index (χ0v) is 12.5. The summed E-state index contributed by atoms with van der Waals surface area (Å²) >= 11 is 0. The Balaban J connectivity index is 2.29. The summed E-state index contributed by atoms with van der Waals surface area (Å²) in [5.41, 5.74) is 1.76. The van der Waals surface area contributed by atoms with Crippen molar-refractivity contribution in [3.63, 3.8) is 0 Å². The van der Waals surface area contributed by atoms with E-state index in [1.807, 2.05) is 6.07 Å². The van der Waals surface area contributed by atoms with E-state index < -0.39 is 0 Å². The molecule has 20 heavy (non-hydrogen) atoms. The van der Waals surface area contributed by atoms with Crippen molar-refractivity contribution < 1.29 is 4.39 Å². The minimum Gasteiger partial charge on any atom is -0.327 e. The molecule has 0 saturated carbocycles. The summed E-state index contributed by atoms with van der Waals surface area (Å²) in [7, 11) is 4.11. The molecule has 4 nitrogen and oxygen atoms in total. The van der Waals surface area contributed by atoms with Crippen LogP contribution in [0.1, 0.15) is 12.7 Å². The zero-order chi connectivity index (χ0) is 14.5. The second-order valence-corrected chi connectivity index (χ2v) is 5.22. The first-order valence-electron chi connectivity index (χ1n) is 7.12. The van der Waals surface area contributed by atoms with E-state index in [2.05, 4.69) is 40.8 Å². The van der Waals surface area contributed by atoms with Crippen LogP contribution in [0.2, 0.25) is 0 Å². The van der Waals surface area contributed by atoms with E-state index >= 15 is 0 Å². The van der Waals surface area contributed by atoms with Crippen LogP contribution in [0.4, 0.5) is 4.39 Å². The fourth-order valence-electron chi connectivity index (χ4n) is 2.27. The van der Waals surface area contributed by atoms with Crippen LogP contribution >= 0.6 is 0 Å². The molecule has 0 aliphatic heterocycles. The SMILES string of the molecule is CCNCCc1nc2cc(F)ccc2n1CCN(C)C. The van der Waals surface area contributed by atoms with Crippen LogP contribution in [0.3, 0.4) is 0 Å². The summed E-state index contributed by atoms with van der Waals surface area (Å²) in [4.78, 5) is 6.73. The van der Waals surface area contributed by atoms with E-state index in [-0.39, 0.29) is 5.82 Å². The maximum Gasteiger partial charge on any atom is 0.125 e. The molecule has 110 valence electrons. The first kappa shape index (κ1) is 14.9. The lowest BCUT2D eigenvalue weighted by molar-refractivity contribution is 0.383. The quantitative estimate of drug-likeness (QED) is 0.785. The van der Waals surface area contributed by atoms with E-state index in [4.69, 9.17) is 0 Å². The molecule has 1 N–H and O–H groups in total. The molecule has 0 spiro atoms. The number of benzene rings is 1. The van der Waals surface area contributed by atoms with Crippen LogP contribution in [0.15, 0.2) is 18.2 Å². The lowest BCUT2D eigenvalue weighted by atomic mass is 10.3. The van der Waals surface area contributed by atoms with Gasteiger partial charge in [0.1, 0.15) is 11.6 Å². The van der Waals surface area contributed by atoms with Gasteiger partial charge in [0.2, 0.25) is 0 Å². The van der Waals surface area contributed by atoms with Crippen LogP contribution in [-0.4, -0.2) is 48.2 Å². The monoisotopic (exact) mass is 278 g/mol. The molecule has 0 amide bonds. The number of hydrogen-bond donors (Lipinski definition) is 1. The van der Waals surface area contributed by atoms with E-state index in [1.54, 1.807) is 0 Å². The van der Waals surface area contributed by atoms with Crippen molar-refractivity contribution in [2.75, 3.05) is 33.7 Å². The Morgan fingerprint density at radius 3 is 2.85 bits per heavy atom. The average molecular weight is 278 g/mol. The van der Waals surface area contributed by atoms with Crippen LogP contribution in [0.5, 0.6) is 0 Å². The van der Waals surface area contributed by atoms with Crippen molar-refractivity contribution in [1.82, 2.24) is 19.8 Å². The zero-order valence-electron chi connectivity index (χ0n) is 12.5. The molecule has 0 bridgehead atoms. The predicted molar refractivity (Wildman–Crippen MR) is 80.5 cm³/mol. The minimum atomic E-state index is -0.229. The number of imidazole rings is 1. The van der Waals surface area contributed by atoms with Crippen molar-refractivity contribution in [1.29, 1.82) is 0 Å². The Morgan fingerprint density at radius 2 is 2.15 bits per heavy atom. The maximum atomic E-state index is 13.3. The molecule has 1 aromatic carbocycles. The largest absolute Gasteiger partial charge is 0.327 e. The molecule has 0 radical (unpaired) electrons. The Morgan fingerprint density at radius 1 is 1.35 bits per heavy atom. The first-order chi connectivity index (χ1) is 9.61. The second kappa shape index (κ2) is 6.81. The fraction of sp³-hybridized carbons (Fsp3) is 0.533. The van der Waals surface area contributed by atoms with E-state index in [1.165, 1.54) is 12.1 Å². The number of nitrogens with one attached hydrogen (secondary N) is 1. The maximum absolute atomic E-state index is 13.3. The van der Waals surface area contributed by atoms with E-state index in [9.17, 15) is 4.39 Å². The lowest BCUT2D eigenvalue weighted by Gasteiger charge is -2.13. The predicted octanol–water partition coefficient (Wildman–Crippen LogP) is 1.89. The van der Waals surface area contributed by atoms with Crippen molar-refractivity contribution in [2.45, 2.75) is 19.9 Å². The molecule has 0 aliphatic carbocycles. The van der Waals surface area contributed by atoms with Crippen molar-refractivity contribution >= 4 is 11.0 Å². The van der Waals surface area contributed by atoms with Crippen LogP contribution in [0, 0.1) is 5.82 Å². The summed E-state index contributed by atoms with van der Waals surface area (Å²) in [5, 5.41) is 3.31. The molecular formula is C15H23FN4. The number of hydrogen-bond acceptors (Lipinski definition) is 3. The summed E-state index contributed by atoms with van der Waals surface area (Å²) in [6, 6.07) is 4.84. The van der Waals surface area contributed by atoms with Gasteiger partial charge < -0.3 is 14.8 Å². The first-order valence-corrected chi connectivity index (χ1v) is 7.12. The van der Waals surface area contributed by atoms with Gasteiger partial charge in [-0.25, -0.2) is 9.37 Å². The molecule has 0 saturated heterocycles. The highest BCUT2D eigenvalue weighted by molar-refractivity contribution is 5.76. The smallest absolute Gasteiger partial charge is 0.125 e. The molecule has 1 heterocycles. The molecule has 2 rings (SSSR count). The molecule has 1 aromatic heterocycles. The van der Waals surface area contributed by atoms with Crippen LogP contribution in [-0.2, 0) is 13.0 Å². The lowest BCUT2D eigenvalue weighted by Crippen LogP contribution is -2.22. The number of likely N-dealkylation sites (N-methyl/N-ethyl adjacent to an activating group) is 2. The van der Waals surface area contributed by atoms with Crippen LogP contribution in [0.25, 0.3) is 11.0 Å². The number of halogens is 1. The Labute approximate surface area is 119 Å². The number of rotatable bonds is 7. The normalized spacial score (nSPS) is 11.7. The van der Waals surface area contributed by atoms with Gasteiger partial charge in [0.25, 0.3) is 0 Å². The minimum absolute atomic E-state index is 0.229. The fourth-order valence-corrected chi connectivity index (χ4v) is 2.27. The van der Waals surface area contributed by atoms with Gasteiger partial charge in [-0.1, -0.05) is 6.92 Å². The molecule has 2 aromatic rings. The third-order valence-corrected chi connectivity index (χ3v) is 3.34. The summed E-state index contributed by atoms with van der Waals surface area (Å²) in [6.07, 6.45) is 0.859. The standard InChI is InChI=1S/C15H23FN4/c1-4-17-8-7-15-18-13-11-12(16)5-6-14(13)20(15)10-9-19(2)3/h5-6,11,17H,4,7-10H2,1-3H3. The van der Waals surface area contributed by atoms with Gasteiger partial charge in [-0.2, -0.15) is 0 Å². The third kappa shape index (κ3) is 3.55. The molecule has 0 aliphatic rings. The van der Waals surface area contributed by atoms with Gasteiger partial charge in [-0.05, 0) is 32.8 Å². The Bertz CT molecular complexity index is 562. The molecular weight excluding hydrogens is 255 g/mol. The van der Waals surface area contributed by atoms with E-state index in [0.717, 1.165) is 49.5 Å². The van der Waals surface area contributed by atoms with Crippen LogP contribution < -0.4 is 5.32 Å². The number of fused-ring (bicyclic) bond motifs is 1. The number of nitrogens with zero attached hydrogens (tertiary/aromatic N) is 3. The van der Waals surface area contributed by atoms with Crippen molar-refractivity contribution in [3.05, 3.63) is 29.8 Å². The topological polar surface area (TPSA) is 33.1 Å². The number of aromatic nitrogens is 2. The average Bonchev–Trinajstić information content (AvgIpc) is 2.73. The second-order valence-electron chi connectivity index (χ2n) is 5.22. The molecule has 0 atom stereocenters. The van der Waals surface area contributed by atoms with Gasteiger partial charge in [0.05, 0.1) is 11.0 Å². The van der Waals surface area contributed by atoms with Gasteiger partial charge in [0.15, 0.2) is 0 Å². The summed E-state index contributed by atoms with van der Waals surface area (Å²) < 4.78 is 15.5. The summed E-state index contributed by atoms with van der Waals surface area (Å²) in [5.74, 6) is 0.793. The van der Waals surface area contributed by atoms with Crippen molar-refractivity contribution in [3.8, 4) is 0 Å². The van der Waals surface area contributed by atoms with Gasteiger partial charge in [-0.15, -0.1) is 0 Å². The Kier molecular flexibility index (Phi) is 5.09. The Hall–Kier alpha value is -1.46. The highest BCUT2D eigenvalue weighted by Crippen LogP contribution is 2.18. The molecule has 0 fully saturated rings. The van der Waals surface area contributed by atoms with Crippen molar-refractivity contribution in [2.24, 2.45) is 0 Å². The highest BCUT2D eigenvalue weighted by Gasteiger charge is 2.11.